The second-order valence-corrected chi connectivity index (χ2v) is 6.72. The molecule has 5 heteroatoms. The van der Waals surface area contributed by atoms with E-state index in [-0.39, 0.29) is 23.2 Å². The van der Waals surface area contributed by atoms with Crippen LogP contribution in [0.2, 0.25) is 0 Å². The fraction of sp³-hybridized carbons (Fsp3) is 0.650. The minimum Gasteiger partial charge on any atom is -0.496 e. The maximum atomic E-state index is 12.6. The first-order valence-electron chi connectivity index (χ1n) is 9.03. The van der Waals surface area contributed by atoms with Gasteiger partial charge in [0, 0.05) is 11.8 Å². The average Bonchev–Trinajstić information content (AvgIpc) is 2.86. The monoisotopic (exact) mass is 350 g/mol. The molecule has 0 radical (unpaired) electrons. The van der Waals surface area contributed by atoms with Gasteiger partial charge in [0.1, 0.15) is 5.76 Å². The summed E-state index contributed by atoms with van der Waals surface area (Å²) >= 11 is 0. The first-order valence-corrected chi connectivity index (χ1v) is 9.03. The zero-order chi connectivity index (χ0) is 19.0. The van der Waals surface area contributed by atoms with Gasteiger partial charge >= 0.3 is 5.97 Å². The molecule has 1 aliphatic rings. The summed E-state index contributed by atoms with van der Waals surface area (Å²) in [5.41, 5.74) is 0. The van der Waals surface area contributed by atoms with Crippen LogP contribution in [0.5, 0.6) is 0 Å². The lowest BCUT2D eigenvalue weighted by atomic mass is 9.85. The molecule has 140 valence electrons. The summed E-state index contributed by atoms with van der Waals surface area (Å²) in [7, 11) is 1.42. The first-order chi connectivity index (χ1) is 11.8. The molecule has 0 spiro atoms. The van der Waals surface area contributed by atoms with E-state index in [4.69, 9.17) is 9.47 Å². The van der Waals surface area contributed by atoms with Crippen LogP contribution in [0.3, 0.4) is 0 Å². The van der Waals surface area contributed by atoms with Crippen molar-refractivity contribution in [2.75, 3.05) is 7.11 Å². The molecule has 0 N–H and O–H groups in total. The van der Waals surface area contributed by atoms with Crippen LogP contribution < -0.4 is 0 Å². The molecular weight excluding hydrogens is 320 g/mol. The van der Waals surface area contributed by atoms with Crippen molar-refractivity contribution in [2.24, 2.45) is 17.8 Å². The van der Waals surface area contributed by atoms with Crippen LogP contribution >= 0.6 is 0 Å². The Hall–Kier alpha value is -1.91. The van der Waals surface area contributed by atoms with Crippen LogP contribution in [0.15, 0.2) is 23.7 Å². The van der Waals surface area contributed by atoms with E-state index >= 15 is 0 Å². The maximum Gasteiger partial charge on any atom is 0.329 e. The Morgan fingerprint density at radius 2 is 1.92 bits per heavy atom. The molecule has 1 unspecified atom stereocenters. The number of hydrogen-bond acceptors (Lipinski definition) is 5. The van der Waals surface area contributed by atoms with Crippen LogP contribution in [0.25, 0.3) is 0 Å². The van der Waals surface area contributed by atoms with E-state index in [2.05, 4.69) is 6.92 Å². The van der Waals surface area contributed by atoms with Crippen molar-refractivity contribution in [2.45, 2.75) is 59.8 Å². The number of cyclic esters (lactones) is 1. The highest BCUT2D eigenvalue weighted by Gasteiger charge is 2.42. The molecule has 0 aromatic rings. The molecule has 5 nitrogen and oxygen atoms in total. The van der Waals surface area contributed by atoms with Gasteiger partial charge in [-0.1, -0.05) is 39.7 Å². The average molecular weight is 350 g/mol. The third-order valence-corrected chi connectivity index (χ3v) is 4.54. The molecule has 25 heavy (non-hydrogen) atoms. The number of hydrogen-bond donors (Lipinski definition) is 0. The number of Topliss-reactive ketones (excluding diaryl/α,β-unsaturated/α-hetero) is 1. The van der Waals surface area contributed by atoms with Gasteiger partial charge in [-0.05, 0) is 32.3 Å². The Kier molecular flexibility index (Phi) is 8.59. The van der Waals surface area contributed by atoms with Gasteiger partial charge in [0.25, 0.3) is 0 Å². The number of carbonyl (C=O) groups excluding carboxylic acids is 3. The molecule has 0 saturated carbocycles. The van der Waals surface area contributed by atoms with E-state index in [1.807, 2.05) is 13.0 Å². The summed E-state index contributed by atoms with van der Waals surface area (Å²) in [6, 6.07) is 0. The predicted octanol–water partition coefficient (Wildman–Crippen LogP) is 3.97. The minimum absolute atomic E-state index is 0.0174. The summed E-state index contributed by atoms with van der Waals surface area (Å²) in [5, 5.41) is 0. The number of carbonyl (C=O) groups is 3. The van der Waals surface area contributed by atoms with E-state index in [1.165, 1.54) is 7.11 Å². The molecule has 0 amide bonds. The lowest BCUT2D eigenvalue weighted by molar-refractivity contribution is -0.145. The van der Waals surface area contributed by atoms with Crippen molar-refractivity contribution in [1.82, 2.24) is 0 Å². The third kappa shape index (κ3) is 5.83. The van der Waals surface area contributed by atoms with Crippen LogP contribution in [0, 0.1) is 17.8 Å². The second-order valence-electron chi connectivity index (χ2n) is 6.72. The van der Waals surface area contributed by atoms with Gasteiger partial charge in [-0.2, -0.15) is 0 Å². The largest absolute Gasteiger partial charge is 0.496 e. The molecule has 1 heterocycles. The van der Waals surface area contributed by atoms with E-state index in [1.54, 1.807) is 19.9 Å². The standard InChI is InChI=1S/C20H30O5/c1-6-7-8-9-10-11-16(21)13(2)12-14(3)18(22)17-19(24-5)15(4)25-20(17)23/h10-11,13-14,17H,6-9,12H2,1-5H3/b11-10+/t13-,14+,17?/m0/s1. The first kappa shape index (κ1) is 21.1. The van der Waals surface area contributed by atoms with Gasteiger partial charge in [-0.15, -0.1) is 0 Å². The zero-order valence-electron chi connectivity index (χ0n) is 16.0. The minimum atomic E-state index is -1.01. The Balaban J connectivity index is 2.59. The Morgan fingerprint density at radius 1 is 1.24 bits per heavy atom. The van der Waals surface area contributed by atoms with Gasteiger partial charge in [-0.3, -0.25) is 14.4 Å². The number of ether oxygens (including phenoxy) is 2. The molecule has 0 aliphatic carbocycles. The van der Waals surface area contributed by atoms with E-state index < -0.39 is 17.8 Å². The molecule has 1 aliphatic heterocycles. The van der Waals surface area contributed by atoms with Crippen molar-refractivity contribution in [1.29, 1.82) is 0 Å². The second kappa shape index (κ2) is 10.2. The highest BCUT2D eigenvalue weighted by Crippen LogP contribution is 2.31. The molecule has 0 aromatic carbocycles. The van der Waals surface area contributed by atoms with Crippen molar-refractivity contribution >= 4 is 17.5 Å². The molecule has 0 fully saturated rings. The summed E-state index contributed by atoms with van der Waals surface area (Å²) in [6.07, 6.45) is 8.21. The lowest BCUT2D eigenvalue weighted by Crippen LogP contribution is -2.30. The SMILES string of the molecule is CCCCC/C=C/C(=O)[C@@H](C)C[C@@H](C)C(=O)C1C(=O)OC(C)=C1OC. The summed E-state index contributed by atoms with van der Waals surface area (Å²) < 4.78 is 10.2. The van der Waals surface area contributed by atoms with Gasteiger partial charge in [0.15, 0.2) is 23.2 Å². The fourth-order valence-corrected chi connectivity index (χ4v) is 3.00. The van der Waals surface area contributed by atoms with Crippen LogP contribution in [0.1, 0.15) is 59.8 Å². The molecular formula is C20H30O5. The Labute approximate surface area is 150 Å². The fourth-order valence-electron chi connectivity index (χ4n) is 3.00. The Bertz CT molecular complexity index is 558. The van der Waals surface area contributed by atoms with Gasteiger partial charge in [0.05, 0.1) is 7.11 Å². The molecule has 3 atom stereocenters. The van der Waals surface area contributed by atoms with E-state index in [0.29, 0.717) is 12.2 Å². The number of methoxy groups -OCH3 is 1. The van der Waals surface area contributed by atoms with Crippen LogP contribution in [0.4, 0.5) is 0 Å². The number of ketones is 2. The van der Waals surface area contributed by atoms with Crippen molar-refractivity contribution < 1.29 is 23.9 Å². The Morgan fingerprint density at radius 3 is 2.52 bits per heavy atom. The number of rotatable bonds is 11. The van der Waals surface area contributed by atoms with E-state index in [9.17, 15) is 14.4 Å². The summed E-state index contributed by atoms with van der Waals surface area (Å²) in [4.78, 5) is 36.7. The summed E-state index contributed by atoms with van der Waals surface area (Å²) in [5.74, 6) is -1.94. The summed E-state index contributed by atoms with van der Waals surface area (Å²) in [6.45, 7) is 7.30. The number of esters is 1. The molecule has 0 aromatic heterocycles. The molecule has 0 bridgehead atoms. The smallest absolute Gasteiger partial charge is 0.329 e. The molecule has 1 rings (SSSR count). The maximum absolute atomic E-state index is 12.6. The number of unbranched alkanes of at least 4 members (excludes halogenated alkanes) is 3. The topological polar surface area (TPSA) is 69.7 Å². The molecule has 0 saturated heterocycles. The lowest BCUT2D eigenvalue weighted by Gasteiger charge is -2.17. The van der Waals surface area contributed by atoms with Gasteiger partial charge < -0.3 is 9.47 Å². The van der Waals surface area contributed by atoms with Crippen LogP contribution in [-0.2, 0) is 23.9 Å². The highest BCUT2D eigenvalue weighted by molar-refractivity contribution is 6.04. The van der Waals surface area contributed by atoms with Crippen LogP contribution in [-0.4, -0.2) is 24.6 Å². The van der Waals surface area contributed by atoms with E-state index in [0.717, 1.165) is 25.7 Å². The van der Waals surface area contributed by atoms with Crippen molar-refractivity contribution in [3.63, 3.8) is 0 Å². The number of allylic oxidation sites excluding steroid dienone is 3. The van der Waals surface area contributed by atoms with Gasteiger partial charge in [-0.25, -0.2) is 0 Å². The third-order valence-electron chi connectivity index (χ3n) is 4.54. The van der Waals surface area contributed by atoms with Crippen molar-refractivity contribution in [3.8, 4) is 0 Å². The van der Waals surface area contributed by atoms with Gasteiger partial charge in [0.2, 0.25) is 0 Å². The normalized spacial score (nSPS) is 19.9. The quantitative estimate of drug-likeness (QED) is 0.244. The zero-order valence-corrected chi connectivity index (χ0v) is 16.0. The highest BCUT2D eigenvalue weighted by atomic mass is 16.6. The predicted molar refractivity (Wildman–Crippen MR) is 95.5 cm³/mol. The van der Waals surface area contributed by atoms with Crippen molar-refractivity contribution in [3.05, 3.63) is 23.7 Å².